The van der Waals surface area contributed by atoms with Crippen molar-refractivity contribution in [3.05, 3.63) is 22.4 Å². The summed E-state index contributed by atoms with van der Waals surface area (Å²) in [6.45, 7) is 2.63. The van der Waals surface area contributed by atoms with Gasteiger partial charge in [0, 0.05) is 24.4 Å². The SMILES string of the molecule is O=C(O)CC1CCCN(CC(=O)NCCc2cccs2)C1. The standard InChI is InChI=1S/C15H22N2O3S/c18-14(16-6-5-13-4-2-8-21-13)11-17-7-1-3-12(10-17)9-15(19)20/h2,4,8,12H,1,3,5-7,9-11H2,(H,16,18)(H,19,20). The van der Waals surface area contributed by atoms with Gasteiger partial charge in [0.15, 0.2) is 0 Å². The van der Waals surface area contributed by atoms with Crippen molar-refractivity contribution in [1.29, 1.82) is 0 Å². The summed E-state index contributed by atoms with van der Waals surface area (Å²) >= 11 is 1.70. The Morgan fingerprint density at radius 2 is 2.33 bits per heavy atom. The van der Waals surface area contributed by atoms with E-state index in [4.69, 9.17) is 5.11 Å². The lowest BCUT2D eigenvalue weighted by atomic mass is 9.95. The maximum atomic E-state index is 11.9. The van der Waals surface area contributed by atoms with Crippen LogP contribution in [0.4, 0.5) is 0 Å². The van der Waals surface area contributed by atoms with Crippen molar-refractivity contribution in [2.24, 2.45) is 5.92 Å². The molecule has 116 valence electrons. The average molecular weight is 310 g/mol. The average Bonchev–Trinajstić information content (AvgIpc) is 2.91. The molecule has 0 saturated carbocycles. The molecule has 21 heavy (non-hydrogen) atoms. The number of carbonyl (C=O) groups is 2. The van der Waals surface area contributed by atoms with Gasteiger partial charge < -0.3 is 10.4 Å². The van der Waals surface area contributed by atoms with E-state index in [1.807, 2.05) is 11.4 Å². The van der Waals surface area contributed by atoms with Crippen LogP contribution < -0.4 is 5.32 Å². The van der Waals surface area contributed by atoms with E-state index in [1.54, 1.807) is 11.3 Å². The van der Waals surface area contributed by atoms with Gasteiger partial charge in [-0.15, -0.1) is 11.3 Å². The quantitative estimate of drug-likeness (QED) is 0.802. The molecule has 5 nitrogen and oxygen atoms in total. The molecule has 1 atom stereocenters. The van der Waals surface area contributed by atoms with Crippen molar-refractivity contribution in [3.8, 4) is 0 Å². The van der Waals surface area contributed by atoms with Gasteiger partial charge in [-0.2, -0.15) is 0 Å². The molecule has 1 aromatic heterocycles. The molecule has 1 fully saturated rings. The molecular weight excluding hydrogens is 288 g/mol. The lowest BCUT2D eigenvalue weighted by Crippen LogP contribution is -2.43. The maximum Gasteiger partial charge on any atom is 0.303 e. The number of piperidine rings is 1. The summed E-state index contributed by atoms with van der Waals surface area (Å²) < 4.78 is 0. The highest BCUT2D eigenvalue weighted by Crippen LogP contribution is 2.19. The molecule has 0 aliphatic carbocycles. The Labute approximate surface area is 129 Å². The van der Waals surface area contributed by atoms with Gasteiger partial charge in [0.2, 0.25) is 5.91 Å². The van der Waals surface area contributed by atoms with Gasteiger partial charge in [-0.3, -0.25) is 14.5 Å². The van der Waals surface area contributed by atoms with E-state index >= 15 is 0 Å². The van der Waals surface area contributed by atoms with E-state index in [1.165, 1.54) is 4.88 Å². The molecule has 6 heteroatoms. The Morgan fingerprint density at radius 1 is 1.48 bits per heavy atom. The molecular formula is C15H22N2O3S. The van der Waals surface area contributed by atoms with Crippen LogP contribution in [0.2, 0.25) is 0 Å². The van der Waals surface area contributed by atoms with Crippen LogP contribution in [-0.4, -0.2) is 48.1 Å². The number of likely N-dealkylation sites (tertiary alicyclic amines) is 1. The van der Waals surface area contributed by atoms with Crippen LogP contribution in [0.1, 0.15) is 24.1 Å². The number of hydrogen-bond acceptors (Lipinski definition) is 4. The second kappa shape index (κ2) is 8.14. The third kappa shape index (κ3) is 5.85. The van der Waals surface area contributed by atoms with Crippen molar-refractivity contribution < 1.29 is 14.7 Å². The van der Waals surface area contributed by atoms with Crippen LogP contribution in [0.3, 0.4) is 0 Å². The van der Waals surface area contributed by atoms with Gasteiger partial charge in [0.1, 0.15) is 0 Å². The Hall–Kier alpha value is -1.40. The van der Waals surface area contributed by atoms with Crippen molar-refractivity contribution >= 4 is 23.2 Å². The largest absolute Gasteiger partial charge is 0.481 e. The Morgan fingerprint density at radius 3 is 3.05 bits per heavy atom. The molecule has 0 aromatic carbocycles. The number of amides is 1. The highest BCUT2D eigenvalue weighted by Gasteiger charge is 2.23. The number of thiophene rings is 1. The number of rotatable bonds is 7. The highest BCUT2D eigenvalue weighted by molar-refractivity contribution is 7.09. The first-order valence-corrected chi connectivity index (χ1v) is 8.24. The second-order valence-corrected chi connectivity index (χ2v) is 6.55. The predicted molar refractivity (Wildman–Crippen MR) is 82.4 cm³/mol. The van der Waals surface area contributed by atoms with Crippen LogP contribution in [0.15, 0.2) is 17.5 Å². The number of nitrogens with one attached hydrogen (secondary N) is 1. The van der Waals surface area contributed by atoms with E-state index in [9.17, 15) is 9.59 Å². The fourth-order valence-electron chi connectivity index (χ4n) is 2.75. The first kappa shape index (κ1) is 16.0. The topological polar surface area (TPSA) is 69.6 Å². The second-order valence-electron chi connectivity index (χ2n) is 5.52. The molecule has 1 aliphatic rings. The molecule has 2 N–H and O–H groups in total. The predicted octanol–water partition coefficient (Wildman–Crippen LogP) is 1.59. The molecule has 1 aromatic rings. The Kier molecular flexibility index (Phi) is 6.20. The summed E-state index contributed by atoms with van der Waals surface area (Å²) in [6.07, 6.45) is 2.99. The van der Waals surface area contributed by atoms with Crippen LogP contribution in [-0.2, 0) is 16.0 Å². The molecule has 1 aliphatic heterocycles. The smallest absolute Gasteiger partial charge is 0.303 e. The van der Waals surface area contributed by atoms with Crippen molar-refractivity contribution in [3.63, 3.8) is 0 Å². The molecule has 0 spiro atoms. The molecule has 0 radical (unpaired) electrons. The van der Waals surface area contributed by atoms with Gasteiger partial charge in [-0.05, 0) is 43.2 Å². The molecule has 1 saturated heterocycles. The van der Waals surface area contributed by atoms with Gasteiger partial charge in [0.25, 0.3) is 0 Å². The van der Waals surface area contributed by atoms with Crippen LogP contribution >= 0.6 is 11.3 Å². The zero-order chi connectivity index (χ0) is 15.1. The van der Waals surface area contributed by atoms with Crippen LogP contribution in [0.25, 0.3) is 0 Å². The molecule has 2 rings (SSSR count). The fraction of sp³-hybridized carbons (Fsp3) is 0.600. The van der Waals surface area contributed by atoms with E-state index in [2.05, 4.69) is 16.3 Å². The fourth-order valence-corrected chi connectivity index (χ4v) is 3.46. The van der Waals surface area contributed by atoms with Gasteiger partial charge >= 0.3 is 5.97 Å². The lowest BCUT2D eigenvalue weighted by molar-refractivity contribution is -0.138. The van der Waals surface area contributed by atoms with E-state index in [-0.39, 0.29) is 18.2 Å². The first-order valence-electron chi connectivity index (χ1n) is 7.36. The monoisotopic (exact) mass is 310 g/mol. The number of hydrogen-bond donors (Lipinski definition) is 2. The summed E-state index contributed by atoms with van der Waals surface area (Å²) in [5.41, 5.74) is 0. The summed E-state index contributed by atoms with van der Waals surface area (Å²) in [5.74, 6) is -0.542. The van der Waals surface area contributed by atoms with E-state index in [0.717, 1.165) is 25.8 Å². The normalized spacial score (nSPS) is 19.3. The van der Waals surface area contributed by atoms with Crippen LogP contribution in [0.5, 0.6) is 0 Å². The summed E-state index contributed by atoms with van der Waals surface area (Å²) in [7, 11) is 0. The minimum atomic E-state index is -0.748. The van der Waals surface area contributed by atoms with E-state index < -0.39 is 5.97 Å². The van der Waals surface area contributed by atoms with Gasteiger partial charge in [0.05, 0.1) is 6.54 Å². The molecule has 1 amide bonds. The zero-order valence-corrected chi connectivity index (χ0v) is 12.9. The van der Waals surface area contributed by atoms with Gasteiger partial charge in [-0.25, -0.2) is 0 Å². The maximum absolute atomic E-state index is 11.9. The third-order valence-corrected chi connectivity index (χ3v) is 4.64. The van der Waals surface area contributed by atoms with Crippen molar-refractivity contribution in [2.75, 3.05) is 26.2 Å². The number of nitrogens with zero attached hydrogens (tertiary/aromatic N) is 1. The summed E-state index contributed by atoms with van der Waals surface area (Å²) in [6, 6.07) is 4.08. The third-order valence-electron chi connectivity index (χ3n) is 3.71. The Balaban J connectivity index is 1.65. The van der Waals surface area contributed by atoms with Gasteiger partial charge in [-0.1, -0.05) is 6.07 Å². The molecule has 0 bridgehead atoms. The minimum Gasteiger partial charge on any atom is -0.481 e. The zero-order valence-electron chi connectivity index (χ0n) is 12.1. The summed E-state index contributed by atoms with van der Waals surface area (Å²) in [4.78, 5) is 26.0. The number of carbonyl (C=O) groups excluding carboxylic acids is 1. The lowest BCUT2D eigenvalue weighted by Gasteiger charge is -2.31. The van der Waals surface area contributed by atoms with E-state index in [0.29, 0.717) is 19.6 Å². The first-order chi connectivity index (χ1) is 10.1. The number of carboxylic acids is 1. The number of aliphatic carboxylic acids is 1. The van der Waals surface area contributed by atoms with Crippen molar-refractivity contribution in [1.82, 2.24) is 10.2 Å². The van der Waals surface area contributed by atoms with Crippen molar-refractivity contribution in [2.45, 2.75) is 25.7 Å². The summed E-state index contributed by atoms with van der Waals surface area (Å²) in [5, 5.41) is 13.8. The minimum absolute atomic E-state index is 0.0301. The molecule has 2 heterocycles. The highest BCUT2D eigenvalue weighted by atomic mass is 32.1. The number of carboxylic acid groups (broad SMARTS) is 1. The molecule has 1 unspecified atom stereocenters. The Bertz CT molecular complexity index is 461. The van der Waals surface area contributed by atoms with Crippen LogP contribution in [0, 0.1) is 5.92 Å².